The summed E-state index contributed by atoms with van der Waals surface area (Å²) >= 11 is 1.74. The Kier molecular flexibility index (Phi) is 3.98. The number of aromatic nitrogens is 5. The van der Waals surface area contributed by atoms with Crippen molar-refractivity contribution in [2.24, 2.45) is 0 Å². The normalized spacial score (nSPS) is 15.6. The van der Waals surface area contributed by atoms with Crippen molar-refractivity contribution in [1.29, 1.82) is 0 Å². The van der Waals surface area contributed by atoms with Crippen molar-refractivity contribution in [3.63, 3.8) is 0 Å². The number of anilines is 2. The monoisotopic (exact) mass is 382 g/mol. The van der Waals surface area contributed by atoms with Gasteiger partial charge in [0.05, 0.1) is 6.26 Å². The van der Waals surface area contributed by atoms with E-state index < -0.39 is 0 Å². The largest absolute Gasteiger partial charge is 0.461 e. The predicted molar refractivity (Wildman–Crippen MR) is 103 cm³/mol. The molecule has 0 unspecified atom stereocenters. The summed E-state index contributed by atoms with van der Waals surface area (Å²) in [5.74, 6) is 2.29. The first-order chi connectivity index (χ1) is 13.3. The lowest BCUT2D eigenvalue weighted by atomic mass is 10.2. The Hall–Kier alpha value is -2.98. The van der Waals surface area contributed by atoms with Crippen molar-refractivity contribution in [2.75, 3.05) is 36.8 Å². The van der Waals surface area contributed by atoms with Crippen LogP contribution >= 0.6 is 11.3 Å². The molecule has 10 heteroatoms. The second-order valence-electron chi connectivity index (χ2n) is 6.40. The molecule has 0 aromatic carbocycles. The molecule has 27 heavy (non-hydrogen) atoms. The van der Waals surface area contributed by atoms with Crippen LogP contribution in [0.4, 0.5) is 11.9 Å². The maximum atomic E-state index is 6.09. The molecule has 5 rings (SSSR count). The van der Waals surface area contributed by atoms with Crippen LogP contribution in [0.15, 0.2) is 39.6 Å². The van der Waals surface area contributed by atoms with Crippen molar-refractivity contribution >= 4 is 29.0 Å². The molecule has 1 fully saturated rings. The zero-order valence-corrected chi connectivity index (χ0v) is 15.3. The zero-order chi connectivity index (χ0) is 18.2. The van der Waals surface area contributed by atoms with Gasteiger partial charge in [-0.05, 0) is 34.5 Å². The third kappa shape index (κ3) is 3.13. The van der Waals surface area contributed by atoms with Crippen LogP contribution < -0.4 is 10.6 Å². The molecule has 0 bridgehead atoms. The van der Waals surface area contributed by atoms with Gasteiger partial charge in [-0.15, -0.1) is 5.10 Å². The standard InChI is InChI=1S/C17H18N8OS/c18-15-20-16(21-17-19-14(22-25(15)17)13-2-1-8-26-13)24-6-4-23(5-7-24)10-12-3-9-27-11-12/h1-3,8-9,11H,4-7,10H2,(H2,18,19,20,21,22). The molecule has 0 radical (unpaired) electrons. The Morgan fingerprint density at radius 2 is 2.00 bits per heavy atom. The third-order valence-corrected chi connectivity index (χ3v) is 5.34. The van der Waals surface area contributed by atoms with Gasteiger partial charge in [0.15, 0.2) is 5.76 Å². The molecule has 1 saturated heterocycles. The first kappa shape index (κ1) is 16.2. The lowest BCUT2D eigenvalue weighted by Crippen LogP contribution is -2.46. The number of rotatable bonds is 4. The van der Waals surface area contributed by atoms with E-state index in [1.54, 1.807) is 29.7 Å². The van der Waals surface area contributed by atoms with Gasteiger partial charge in [-0.1, -0.05) is 0 Å². The molecule has 0 spiro atoms. The van der Waals surface area contributed by atoms with Crippen LogP contribution in [0, 0.1) is 0 Å². The summed E-state index contributed by atoms with van der Waals surface area (Å²) < 4.78 is 6.79. The van der Waals surface area contributed by atoms with Gasteiger partial charge >= 0.3 is 0 Å². The van der Waals surface area contributed by atoms with Gasteiger partial charge in [0.2, 0.25) is 17.7 Å². The SMILES string of the molecule is Nc1nc(N2CCN(Cc3ccsc3)CC2)nc2nc(-c3ccco3)nn12. The molecule has 4 aromatic heterocycles. The van der Waals surface area contributed by atoms with E-state index >= 15 is 0 Å². The summed E-state index contributed by atoms with van der Waals surface area (Å²) in [5, 5.41) is 8.65. The average molecular weight is 382 g/mol. The maximum Gasteiger partial charge on any atom is 0.259 e. The fraction of sp³-hybridized carbons (Fsp3) is 0.294. The summed E-state index contributed by atoms with van der Waals surface area (Å²) in [5.41, 5.74) is 7.46. The summed E-state index contributed by atoms with van der Waals surface area (Å²) in [6.45, 7) is 4.58. The summed E-state index contributed by atoms with van der Waals surface area (Å²) in [4.78, 5) is 18.0. The zero-order valence-electron chi connectivity index (χ0n) is 14.5. The number of nitrogen functional groups attached to an aromatic ring is 1. The fourth-order valence-electron chi connectivity index (χ4n) is 3.19. The van der Waals surface area contributed by atoms with E-state index in [4.69, 9.17) is 10.2 Å². The van der Waals surface area contributed by atoms with Crippen molar-refractivity contribution < 1.29 is 4.42 Å². The summed E-state index contributed by atoms with van der Waals surface area (Å²) in [7, 11) is 0. The van der Waals surface area contributed by atoms with Crippen molar-refractivity contribution in [3.05, 3.63) is 40.8 Å². The smallest absolute Gasteiger partial charge is 0.259 e. The maximum absolute atomic E-state index is 6.09. The second kappa shape index (κ2) is 6.63. The molecule has 1 aliphatic heterocycles. The molecule has 0 amide bonds. The fourth-order valence-corrected chi connectivity index (χ4v) is 3.85. The molecular weight excluding hydrogens is 364 g/mol. The Labute approximate surface area is 159 Å². The number of piperazine rings is 1. The minimum Gasteiger partial charge on any atom is -0.461 e. The van der Waals surface area contributed by atoms with E-state index in [0.29, 0.717) is 23.3 Å². The van der Waals surface area contributed by atoms with Crippen LogP contribution in [-0.2, 0) is 6.54 Å². The minimum atomic E-state index is 0.265. The number of hydrogen-bond acceptors (Lipinski definition) is 9. The minimum absolute atomic E-state index is 0.265. The molecule has 138 valence electrons. The first-order valence-corrected chi connectivity index (χ1v) is 9.63. The van der Waals surface area contributed by atoms with Crippen LogP contribution in [0.2, 0.25) is 0 Å². The number of fused-ring (bicyclic) bond motifs is 1. The highest BCUT2D eigenvalue weighted by molar-refractivity contribution is 7.07. The molecule has 0 aliphatic carbocycles. The predicted octanol–water partition coefficient (Wildman–Crippen LogP) is 1.75. The number of nitrogens with two attached hydrogens (primary N) is 1. The van der Waals surface area contributed by atoms with Gasteiger partial charge < -0.3 is 15.1 Å². The highest BCUT2D eigenvalue weighted by atomic mass is 32.1. The Balaban J connectivity index is 1.34. The highest BCUT2D eigenvalue weighted by Crippen LogP contribution is 2.20. The Bertz CT molecular complexity index is 1030. The lowest BCUT2D eigenvalue weighted by molar-refractivity contribution is 0.249. The van der Waals surface area contributed by atoms with E-state index in [2.05, 4.69) is 46.7 Å². The van der Waals surface area contributed by atoms with Gasteiger partial charge in [-0.25, -0.2) is 0 Å². The number of furan rings is 1. The topological polar surface area (TPSA) is 102 Å². The molecule has 1 aliphatic rings. The van der Waals surface area contributed by atoms with Crippen LogP contribution in [0.5, 0.6) is 0 Å². The van der Waals surface area contributed by atoms with Crippen LogP contribution in [0.25, 0.3) is 17.4 Å². The van der Waals surface area contributed by atoms with Gasteiger partial charge in [0.1, 0.15) is 0 Å². The Morgan fingerprint density at radius 1 is 1.11 bits per heavy atom. The summed E-state index contributed by atoms with van der Waals surface area (Å²) in [6, 6.07) is 5.76. The van der Waals surface area contributed by atoms with E-state index in [9.17, 15) is 0 Å². The molecule has 4 aromatic rings. The van der Waals surface area contributed by atoms with E-state index in [-0.39, 0.29) is 5.95 Å². The molecule has 0 saturated carbocycles. The highest BCUT2D eigenvalue weighted by Gasteiger charge is 2.21. The molecule has 5 heterocycles. The van der Waals surface area contributed by atoms with Crippen molar-refractivity contribution in [1.82, 2.24) is 29.5 Å². The second-order valence-corrected chi connectivity index (χ2v) is 7.18. The number of hydrogen-bond donors (Lipinski definition) is 1. The first-order valence-electron chi connectivity index (χ1n) is 8.69. The van der Waals surface area contributed by atoms with Crippen LogP contribution in [0.1, 0.15) is 5.56 Å². The molecule has 9 nitrogen and oxygen atoms in total. The van der Waals surface area contributed by atoms with Crippen molar-refractivity contribution in [3.8, 4) is 11.6 Å². The van der Waals surface area contributed by atoms with E-state index in [1.807, 2.05) is 0 Å². The summed E-state index contributed by atoms with van der Waals surface area (Å²) in [6.07, 6.45) is 1.58. The third-order valence-electron chi connectivity index (χ3n) is 4.60. The lowest BCUT2D eigenvalue weighted by Gasteiger charge is -2.34. The Morgan fingerprint density at radius 3 is 2.74 bits per heavy atom. The van der Waals surface area contributed by atoms with Gasteiger partial charge in [0, 0.05) is 32.7 Å². The molecule has 2 N–H and O–H groups in total. The van der Waals surface area contributed by atoms with E-state index in [0.717, 1.165) is 32.7 Å². The molecule has 0 atom stereocenters. The van der Waals surface area contributed by atoms with Gasteiger partial charge in [-0.3, -0.25) is 4.90 Å². The van der Waals surface area contributed by atoms with Crippen LogP contribution in [0.3, 0.4) is 0 Å². The quantitative estimate of drug-likeness (QED) is 0.570. The number of thiophene rings is 1. The average Bonchev–Trinajstić information content (AvgIpc) is 3.43. The van der Waals surface area contributed by atoms with Crippen LogP contribution in [-0.4, -0.2) is 55.6 Å². The molecular formula is C17H18N8OS. The van der Waals surface area contributed by atoms with Gasteiger partial charge in [0.25, 0.3) is 5.78 Å². The van der Waals surface area contributed by atoms with E-state index in [1.165, 1.54) is 10.1 Å². The van der Waals surface area contributed by atoms with Crippen molar-refractivity contribution in [2.45, 2.75) is 6.54 Å². The number of nitrogens with zero attached hydrogens (tertiary/aromatic N) is 7. The van der Waals surface area contributed by atoms with Gasteiger partial charge in [-0.2, -0.15) is 30.8 Å².